The summed E-state index contributed by atoms with van der Waals surface area (Å²) in [4.78, 5) is 31.5. The molecule has 4 aromatic rings. The van der Waals surface area contributed by atoms with Crippen molar-refractivity contribution in [1.29, 1.82) is 0 Å². The topological polar surface area (TPSA) is 77.8 Å². The van der Waals surface area contributed by atoms with E-state index in [1.807, 2.05) is 50.2 Å². The van der Waals surface area contributed by atoms with E-state index in [0.29, 0.717) is 22.3 Å². The zero-order chi connectivity index (χ0) is 19.8. The van der Waals surface area contributed by atoms with Crippen LogP contribution >= 0.6 is 0 Å². The third-order valence-corrected chi connectivity index (χ3v) is 5.08. The minimum Gasteiger partial charge on any atom is -0.361 e. The van der Waals surface area contributed by atoms with Crippen LogP contribution < -0.4 is 5.32 Å². The van der Waals surface area contributed by atoms with Gasteiger partial charge >= 0.3 is 0 Å². The molecule has 4 rings (SSSR count). The van der Waals surface area contributed by atoms with E-state index in [2.05, 4.69) is 15.3 Å². The van der Waals surface area contributed by atoms with Crippen LogP contribution in [0.3, 0.4) is 0 Å². The molecule has 0 aliphatic carbocycles. The fourth-order valence-electron chi connectivity index (χ4n) is 3.68. The first-order chi connectivity index (χ1) is 13.5. The summed E-state index contributed by atoms with van der Waals surface area (Å²) in [5, 5.41) is 4.49. The third kappa shape index (κ3) is 2.81. The average molecular weight is 371 g/mol. The highest BCUT2D eigenvalue weighted by Gasteiger charge is 2.22. The summed E-state index contributed by atoms with van der Waals surface area (Å²) in [6.07, 6.45) is 4.34. The van der Waals surface area contributed by atoms with Crippen molar-refractivity contribution in [2.75, 3.05) is 7.05 Å². The van der Waals surface area contributed by atoms with Crippen LogP contribution in [0.15, 0.2) is 48.8 Å². The lowest BCUT2D eigenvalue weighted by Crippen LogP contribution is -2.20. The van der Waals surface area contributed by atoms with Gasteiger partial charge in [-0.2, -0.15) is 0 Å². The lowest BCUT2D eigenvalue weighted by atomic mass is 9.93. The quantitative estimate of drug-likeness (QED) is 0.373. The van der Waals surface area contributed by atoms with E-state index in [1.165, 1.54) is 0 Å². The maximum absolute atomic E-state index is 12.9. The Labute approximate surface area is 162 Å². The van der Waals surface area contributed by atoms with Gasteiger partial charge in [-0.25, -0.2) is 0 Å². The maximum atomic E-state index is 12.9. The average Bonchev–Trinajstić information content (AvgIpc) is 3.28. The van der Waals surface area contributed by atoms with E-state index in [1.54, 1.807) is 19.4 Å². The number of carbonyl (C=O) groups excluding carboxylic acids is 2. The number of hydrogen-bond acceptors (Lipinski definition) is 2. The Kier molecular flexibility index (Phi) is 4.35. The minimum atomic E-state index is -0.301. The molecule has 1 amide bonds. The van der Waals surface area contributed by atoms with E-state index in [0.717, 1.165) is 39.2 Å². The zero-order valence-corrected chi connectivity index (χ0v) is 16.0. The molecule has 0 aliphatic rings. The van der Waals surface area contributed by atoms with Gasteiger partial charge < -0.3 is 15.3 Å². The van der Waals surface area contributed by atoms with Gasteiger partial charge in [-0.1, -0.05) is 24.3 Å². The summed E-state index contributed by atoms with van der Waals surface area (Å²) in [5.74, 6) is -0.301. The number of aromatic nitrogens is 2. The standard InChI is InChI=1S/C23H21N3O2/c1-13-4-6-15-17(10-25-20(15)8-13)19(12-27)22(23(28)24-3)18-11-26-21-9-14(2)5-7-16(18)21/h4-12,25-26H,1-3H3,(H,24,28)/b22-19+. The van der Waals surface area contributed by atoms with E-state index in [-0.39, 0.29) is 5.91 Å². The first kappa shape index (κ1) is 17.8. The fraction of sp³-hybridized carbons (Fsp3) is 0.130. The van der Waals surface area contributed by atoms with Crippen LogP contribution in [0.25, 0.3) is 33.0 Å². The molecular weight excluding hydrogens is 350 g/mol. The number of likely N-dealkylation sites (N-methyl/N-ethyl adjacent to an activating group) is 1. The van der Waals surface area contributed by atoms with Crippen LogP contribution in [0.4, 0.5) is 0 Å². The van der Waals surface area contributed by atoms with E-state index in [4.69, 9.17) is 0 Å². The van der Waals surface area contributed by atoms with Crippen LogP contribution in [0, 0.1) is 13.8 Å². The van der Waals surface area contributed by atoms with E-state index < -0.39 is 0 Å². The molecule has 0 aliphatic heterocycles. The van der Waals surface area contributed by atoms with Crippen molar-refractivity contribution >= 4 is 45.1 Å². The first-order valence-electron chi connectivity index (χ1n) is 9.11. The van der Waals surface area contributed by atoms with E-state index >= 15 is 0 Å². The summed E-state index contributed by atoms with van der Waals surface area (Å²) in [6.45, 7) is 4.03. The molecule has 3 N–H and O–H groups in total. The molecule has 0 spiro atoms. The number of H-pyrrole nitrogens is 2. The third-order valence-electron chi connectivity index (χ3n) is 5.08. The fourth-order valence-corrected chi connectivity index (χ4v) is 3.68. The molecule has 2 heterocycles. The monoisotopic (exact) mass is 371 g/mol. The molecule has 0 saturated carbocycles. The summed E-state index contributed by atoms with van der Waals surface area (Å²) < 4.78 is 0. The van der Waals surface area contributed by atoms with Gasteiger partial charge in [-0.15, -0.1) is 0 Å². The Morgan fingerprint density at radius 1 is 0.893 bits per heavy atom. The molecule has 5 nitrogen and oxygen atoms in total. The number of aryl methyl sites for hydroxylation is 2. The molecule has 28 heavy (non-hydrogen) atoms. The van der Waals surface area contributed by atoms with Gasteiger partial charge in [0.2, 0.25) is 0 Å². The first-order valence-corrected chi connectivity index (χ1v) is 9.11. The van der Waals surface area contributed by atoms with Gasteiger partial charge in [0.05, 0.1) is 5.57 Å². The van der Waals surface area contributed by atoms with Crippen molar-refractivity contribution in [3.63, 3.8) is 0 Å². The van der Waals surface area contributed by atoms with Crippen molar-refractivity contribution in [2.45, 2.75) is 13.8 Å². The SMILES string of the molecule is CNC(=O)/C(=C(\C=O)c1c[nH]c2cc(C)ccc12)c1c[nH]c2cc(C)ccc12. The molecule has 0 saturated heterocycles. The number of carbonyl (C=O) groups is 2. The Bertz CT molecular complexity index is 1260. The summed E-state index contributed by atoms with van der Waals surface area (Å²) in [5.41, 5.74) is 6.23. The number of rotatable bonds is 4. The van der Waals surface area contributed by atoms with Gasteiger partial charge in [0.25, 0.3) is 5.91 Å². The number of fused-ring (bicyclic) bond motifs is 2. The minimum absolute atomic E-state index is 0.301. The van der Waals surface area contributed by atoms with Crippen molar-refractivity contribution in [2.24, 2.45) is 0 Å². The molecule has 0 fully saturated rings. The highest BCUT2D eigenvalue weighted by atomic mass is 16.1. The molecule has 2 aromatic carbocycles. The molecular formula is C23H21N3O2. The molecule has 0 radical (unpaired) electrons. The smallest absolute Gasteiger partial charge is 0.252 e. The second-order valence-electron chi connectivity index (χ2n) is 6.99. The highest BCUT2D eigenvalue weighted by molar-refractivity contribution is 6.38. The molecule has 2 aromatic heterocycles. The molecule has 0 bridgehead atoms. The normalized spacial score (nSPS) is 12.2. The van der Waals surface area contributed by atoms with Crippen LogP contribution in [-0.4, -0.2) is 29.2 Å². The number of nitrogens with one attached hydrogen (secondary N) is 3. The largest absolute Gasteiger partial charge is 0.361 e. The van der Waals surface area contributed by atoms with E-state index in [9.17, 15) is 9.59 Å². The lowest BCUT2D eigenvalue weighted by Gasteiger charge is -2.10. The van der Waals surface area contributed by atoms with Crippen molar-refractivity contribution in [3.05, 3.63) is 71.0 Å². The Morgan fingerprint density at radius 3 is 1.96 bits per heavy atom. The molecule has 0 unspecified atom stereocenters. The second-order valence-corrected chi connectivity index (χ2v) is 6.99. The van der Waals surface area contributed by atoms with Crippen LogP contribution in [0.1, 0.15) is 22.3 Å². The number of aldehydes is 1. The summed E-state index contributed by atoms with van der Waals surface area (Å²) in [7, 11) is 1.57. The van der Waals surface area contributed by atoms with Gasteiger partial charge in [0.1, 0.15) is 0 Å². The second kappa shape index (κ2) is 6.85. The van der Waals surface area contributed by atoms with Gasteiger partial charge in [0.15, 0.2) is 6.29 Å². The number of benzene rings is 2. The zero-order valence-electron chi connectivity index (χ0n) is 16.0. The van der Waals surface area contributed by atoms with Crippen molar-refractivity contribution in [1.82, 2.24) is 15.3 Å². The summed E-state index contributed by atoms with van der Waals surface area (Å²) >= 11 is 0. The summed E-state index contributed by atoms with van der Waals surface area (Å²) in [6, 6.07) is 12.0. The Morgan fingerprint density at radius 2 is 1.43 bits per heavy atom. The van der Waals surface area contributed by atoms with Crippen molar-refractivity contribution < 1.29 is 9.59 Å². The number of allylic oxidation sites excluding steroid dienone is 1. The maximum Gasteiger partial charge on any atom is 0.252 e. The van der Waals surface area contributed by atoms with Crippen LogP contribution in [0.5, 0.6) is 0 Å². The van der Waals surface area contributed by atoms with Gasteiger partial charge in [-0.3, -0.25) is 9.59 Å². The lowest BCUT2D eigenvalue weighted by molar-refractivity contribution is -0.115. The van der Waals surface area contributed by atoms with Crippen LogP contribution in [0.2, 0.25) is 0 Å². The molecule has 0 atom stereocenters. The predicted octanol–water partition coefficient (Wildman–Crippen LogP) is 4.12. The predicted molar refractivity (Wildman–Crippen MR) is 113 cm³/mol. The number of hydrogen-bond donors (Lipinski definition) is 3. The van der Waals surface area contributed by atoms with Gasteiger partial charge in [0, 0.05) is 57.9 Å². The van der Waals surface area contributed by atoms with Crippen molar-refractivity contribution in [3.8, 4) is 0 Å². The molecule has 5 heteroatoms. The van der Waals surface area contributed by atoms with Crippen LogP contribution in [-0.2, 0) is 9.59 Å². The molecule has 140 valence electrons. The Balaban J connectivity index is 2.04. The highest BCUT2D eigenvalue weighted by Crippen LogP contribution is 2.34. The Hall–Kier alpha value is -3.60. The van der Waals surface area contributed by atoms with Gasteiger partial charge in [-0.05, 0) is 37.1 Å². The number of aromatic amines is 2. The number of amides is 1.